The van der Waals surface area contributed by atoms with Crippen molar-refractivity contribution in [3.8, 4) is 5.75 Å². The van der Waals surface area contributed by atoms with Crippen LogP contribution in [-0.2, 0) is 17.8 Å². The number of nitrogens with zero attached hydrogens (tertiary/aromatic N) is 4. The first-order valence-corrected chi connectivity index (χ1v) is 11.4. The lowest BCUT2D eigenvalue weighted by Gasteiger charge is -2.20. The number of amides is 1. The number of imidazole rings is 1. The maximum absolute atomic E-state index is 13.1. The highest BCUT2D eigenvalue weighted by atomic mass is 35.5. The minimum atomic E-state index is -0.129. The quantitative estimate of drug-likeness (QED) is 0.348. The average Bonchev–Trinajstić information content (AvgIpc) is 3.45. The lowest BCUT2D eigenvalue weighted by atomic mass is 10.2. The Labute approximate surface area is 190 Å². The average molecular weight is 455 g/mol. The van der Waals surface area contributed by atoms with Crippen molar-refractivity contribution >= 4 is 44.2 Å². The molecule has 31 heavy (non-hydrogen) atoms. The molecule has 0 aliphatic carbocycles. The second-order valence-corrected chi connectivity index (χ2v) is 8.54. The van der Waals surface area contributed by atoms with Crippen LogP contribution in [0.4, 0.5) is 5.13 Å². The van der Waals surface area contributed by atoms with E-state index in [-0.39, 0.29) is 12.5 Å². The van der Waals surface area contributed by atoms with Crippen molar-refractivity contribution < 1.29 is 9.53 Å². The molecule has 160 valence electrons. The normalized spacial score (nSPS) is 11.0. The summed E-state index contributed by atoms with van der Waals surface area (Å²) < 4.78 is 8.78. The number of fused-ring (bicyclic) bond motifs is 1. The fourth-order valence-corrected chi connectivity index (χ4v) is 4.40. The Balaban J connectivity index is 1.51. The zero-order valence-electron chi connectivity index (χ0n) is 17.2. The van der Waals surface area contributed by atoms with E-state index < -0.39 is 0 Å². The number of rotatable bonds is 9. The molecule has 0 aliphatic rings. The number of anilines is 1. The van der Waals surface area contributed by atoms with E-state index in [2.05, 4.69) is 24.0 Å². The van der Waals surface area contributed by atoms with Gasteiger partial charge in [-0.2, -0.15) is 0 Å². The van der Waals surface area contributed by atoms with Crippen molar-refractivity contribution in [2.75, 3.05) is 18.1 Å². The van der Waals surface area contributed by atoms with Crippen molar-refractivity contribution in [2.45, 2.75) is 26.3 Å². The molecule has 0 fully saturated rings. The zero-order valence-corrected chi connectivity index (χ0v) is 18.8. The summed E-state index contributed by atoms with van der Waals surface area (Å²) in [4.78, 5) is 23.6. The van der Waals surface area contributed by atoms with Gasteiger partial charge in [-0.15, -0.1) is 0 Å². The lowest BCUT2D eigenvalue weighted by Crippen LogP contribution is -2.36. The van der Waals surface area contributed by atoms with Crippen LogP contribution in [0.3, 0.4) is 0 Å². The summed E-state index contributed by atoms with van der Waals surface area (Å²) in [7, 11) is 0. The molecular formula is C23H23ClN4O2S. The number of carbonyl (C=O) groups excluding carboxylic acids is 1. The number of hydrogen-bond donors (Lipinski definition) is 0. The molecule has 8 heteroatoms. The van der Waals surface area contributed by atoms with Gasteiger partial charge in [-0.05, 0) is 54.8 Å². The molecule has 0 spiro atoms. The smallest absolute Gasteiger partial charge is 0.266 e. The molecule has 0 radical (unpaired) electrons. The van der Waals surface area contributed by atoms with Gasteiger partial charge >= 0.3 is 0 Å². The van der Waals surface area contributed by atoms with Crippen LogP contribution in [0, 0.1) is 0 Å². The van der Waals surface area contributed by atoms with Gasteiger partial charge < -0.3 is 9.30 Å². The molecule has 4 aromatic rings. The third-order valence-electron chi connectivity index (χ3n) is 4.91. The highest BCUT2D eigenvalue weighted by Crippen LogP contribution is 2.30. The third-order valence-corrected chi connectivity index (χ3v) is 6.21. The van der Waals surface area contributed by atoms with E-state index in [1.54, 1.807) is 41.7 Å². The highest BCUT2D eigenvalue weighted by Gasteiger charge is 2.20. The van der Waals surface area contributed by atoms with Gasteiger partial charge in [0, 0.05) is 30.5 Å². The second-order valence-electron chi connectivity index (χ2n) is 7.09. The molecule has 0 saturated carbocycles. The second kappa shape index (κ2) is 9.94. The summed E-state index contributed by atoms with van der Waals surface area (Å²) in [6.45, 7) is 3.38. The fraction of sp³-hybridized carbons (Fsp3) is 0.261. The first kappa shape index (κ1) is 21.3. The molecule has 1 amide bonds. The predicted molar refractivity (Wildman–Crippen MR) is 125 cm³/mol. The Hall–Kier alpha value is -2.90. The molecule has 6 nitrogen and oxygen atoms in total. The molecule has 2 aromatic heterocycles. The van der Waals surface area contributed by atoms with Crippen LogP contribution in [0.1, 0.15) is 18.9 Å². The molecule has 0 aliphatic heterocycles. The molecule has 0 bridgehead atoms. The van der Waals surface area contributed by atoms with Crippen LogP contribution in [0.15, 0.2) is 61.2 Å². The number of thiazole rings is 1. The van der Waals surface area contributed by atoms with Crippen molar-refractivity contribution in [1.82, 2.24) is 14.5 Å². The Morgan fingerprint density at radius 3 is 2.81 bits per heavy atom. The summed E-state index contributed by atoms with van der Waals surface area (Å²) in [6, 6.07) is 13.2. The van der Waals surface area contributed by atoms with Crippen molar-refractivity contribution in [3.63, 3.8) is 0 Å². The van der Waals surface area contributed by atoms with Gasteiger partial charge in [0.05, 0.1) is 16.5 Å². The molecule has 0 atom stereocenters. The van der Waals surface area contributed by atoms with Gasteiger partial charge in [-0.1, -0.05) is 35.9 Å². The maximum atomic E-state index is 13.1. The van der Waals surface area contributed by atoms with Gasteiger partial charge in [0.15, 0.2) is 11.7 Å². The number of carbonyl (C=O) groups is 1. The number of aryl methyl sites for hydroxylation is 2. The number of hydrogen-bond acceptors (Lipinski definition) is 5. The molecule has 0 N–H and O–H groups in total. The molecule has 0 unspecified atom stereocenters. The molecular weight excluding hydrogens is 432 g/mol. The SMILES string of the molecule is CCc1ccc2nc(N(CCCn3ccnc3)C(=O)COc3ccc(Cl)cc3)sc2c1. The summed E-state index contributed by atoms with van der Waals surface area (Å²) >= 11 is 7.46. The Morgan fingerprint density at radius 1 is 1.23 bits per heavy atom. The van der Waals surface area contributed by atoms with E-state index >= 15 is 0 Å². The standard InChI is InChI=1S/C23H23ClN4O2S/c1-2-17-4-9-20-21(14-17)31-23(26-20)28(12-3-11-27-13-10-25-16-27)22(29)15-30-19-7-5-18(24)6-8-19/h4-10,13-14,16H,2-3,11-12,15H2,1H3. The van der Waals surface area contributed by atoms with E-state index in [1.165, 1.54) is 16.9 Å². The zero-order chi connectivity index (χ0) is 21.6. The van der Waals surface area contributed by atoms with Crippen LogP contribution < -0.4 is 9.64 Å². The van der Waals surface area contributed by atoms with E-state index in [1.807, 2.05) is 16.8 Å². The van der Waals surface area contributed by atoms with Gasteiger partial charge in [-0.3, -0.25) is 9.69 Å². The molecule has 0 saturated heterocycles. The number of aromatic nitrogens is 3. The monoisotopic (exact) mass is 454 g/mol. The minimum Gasteiger partial charge on any atom is -0.484 e. The van der Waals surface area contributed by atoms with Gasteiger partial charge in [0.1, 0.15) is 5.75 Å². The summed E-state index contributed by atoms with van der Waals surface area (Å²) in [5.74, 6) is 0.475. The molecule has 2 aromatic carbocycles. The third kappa shape index (κ3) is 5.42. The van der Waals surface area contributed by atoms with Crippen LogP contribution in [0.5, 0.6) is 5.75 Å². The number of ether oxygens (including phenoxy) is 1. The molecule has 2 heterocycles. The summed E-state index contributed by atoms with van der Waals surface area (Å²) in [5.41, 5.74) is 2.16. The Bertz CT molecular complexity index is 1140. The van der Waals surface area contributed by atoms with Crippen LogP contribution >= 0.6 is 22.9 Å². The largest absolute Gasteiger partial charge is 0.484 e. The van der Waals surface area contributed by atoms with E-state index in [0.717, 1.165) is 29.6 Å². The first-order chi connectivity index (χ1) is 15.1. The summed E-state index contributed by atoms with van der Waals surface area (Å²) in [6.07, 6.45) is 7.19. The maximum Gasteiger partial charge on any atom is 0.266 e. The minimum absolute atomic E-state index is 0.0666. The van der Waals surface area contributed by atoms with Crippen molar-refractivity contribution in [2.24, 2.45) is 0 Å². The first-order valence-electron chi connectivity index (χ1n) is 10.2. The van der Waals surface area contributed by atoms with Gasteiger partial charge in [-0.25, -0.2) is 9.97 Å². The molecule has 4 rings (SSSR count). The van der Waals surface area contributed by atoms with Gasteiger partial charge in [0.25, 0.3) is 5.91 Å². The Morgan fingerprint density at radius 2 is 2.06 bits per heavy atom. The van der Waals surface area contributed by atoms with Crippen LogP contribution in [0.2, 0.25) is 5.02 Å². The van der Waals surface area contributed by atoms with Crippen molar-refractivity contribution in [1.29, 1.82) is 0 Å². The fourth-order valence-electron chi connectivity index (χ4n) is 3.20. The summed E-state index contributed by atoms with van der Waals surface area (Å²) in [5, 5.41) is 1.32. The number of halogens is 1. The topological polar surface area (TPSA) is 60.2 Å². The van der Waals surface area contributed by atoms with E-state index in [0.29, 0.717) is 22.4 Å². The lowest BCUT2D eigenvalue weighted by molar-refractivity contribution is -0.120. The highest BCUT2D eigenvalue weighted by molar-refractivity contribution is 7.22. The van der Waals surface area contributed by atoms with Gasteiger partial charge in [0.2, 0.25) is 0 Å². The Kier molecular flexibility index (Phi) is 6.84. The number of benzene rings is 2. The van der Waals surface area contributed by atoms with E-state index in [4.69, 9.17) is 21.3 Å². The van der Waals surface area contributed by atoms with E-state index in [9.17, 15) is 4.79 Å². The predicted octanol–water partition coefficient (Wildman–Crippen LogP) is 5.21. The van der Waals surface area contributed by atoms with Crippen molar-refractivity contribution in [3.05, 3.63) is 71.8 Å². The van der Waals surface area contributed by atoms with Crippen LogP contribution in [0.25, 0.3) is 10.2 Å². The van der Waals surface area contributed by atoms with Crippen LogP contribution in [-0.4, -0.2) is 33.6 Å².